The molecule has 0 radical (unpaired) electrons. The Hall–Kier alpha value is -2.71. The number of carbonyl (C=O) groups excluding carboxylic acids is 1. The topological polar surface area (TPSA) is 66.4 Å². The number of allylic oxidation sites excluding steroid dienone is 4. The van der Waals surface area contributed by atoms with E-state index < -0.39 is 52.9 Å². The Balaban J connectivity index is 1.83. The summed E-state index contributed by atoms with van der Waals surface area (Å²) < 4.78 is 67.8. The maximum absolute atomic E-state index is 14.3. The van der Waals surface area contributed by atoms with Crippen molar-refractivity contribution in [1.82, 2.24) is 0 Å². The van der Waals surface area contributed by atoms with Gasteiger partial charge in [0, 0.05) is 0 Å². The van der Waals surface area contributed by atoms with E-state index in [0.717, 1.165) is 25.1 Å². The molecular formula is C22H22F5NO3. The third-order valence-corrected chi connectivity index (χ3v) is 6.05. The lowest BCUT2D eigenvalue weighted by atomic mass is 9.78. The number of hydrogen-bond acceptors (Lipinski definition) is 2. The van der Waals surface area contributed by atoms with Crippen LogP contribution in [0.15, 0.2) is 42.3 Å². The van der Waals surface area contributed by atoms with Crippen LogP contribution in [0.5, 0.6) is 0 Å². The Bertz CT molecular complexity index is 934. The van der Waals surface area contributed by atoms with Crippen LogP contribution in [0, 0.1) is 29.0 Å². The molecule has 0 heterocycles. The van der Waals surface area contributed by atoms with Crippen LogP contribution in [-0.4, -0.2) is 23.2 Å². The van der Waals surface area contributed by atoms with Crippen LogP contribution in [-0.2, 0) is 16.0 Å². The first-order valence-corrected chi connectivity index (χ1v) is 9.86. The highest BCUT2D eigenvalue weighted by atomic mass is 19.4. The summed E-state index contributed by atoms with van der Waals surface area (Å²) in [4.78, 5) is 24.2. The van der Waals surface area contributed by atoms with Gasteiger partial charge in [0.25, 0.3) is 0 Å². The van der Waals surface area contributed by atoms with Crippen molar-refractivity contribution in [3.8, 4) is 0 Å². The fraction of sp³-hybridized carbons (Fsp3) is 0.455. The first-order chi connectivity index (χ1) is 14.4. The summed E-state index contributed by atoms with van der Waals surface area (Å²) in [5.41, 5.74) is -0.778. The summed E-state index contributed by atoms with van der Waals surface area (Å²) >= 11 is 0. The lowest BCUT2D eigenvalue weighted by molar-refractivity contribution is -0.188. The lowest BCUT2D eigenvalue weighted by Crippen LogP contribution is -2.40. The van der Waals surface area contributed by atoms with Crippen LogP contribution in [0.25, 0.3) is 0 Å². The molecule has 0 spiro atoms. The third-order valence-electron chi connectivity index (χ3n) is 6.05. The normalized spacial score (nSPS) is 21.7. The molecule has 2 N–H and O–H groups in total. The average molecular weight is 443 g/mol. The van der Waals surface area contributed by atoms with Gasteiger partial charge in [0.15, 0.2) is 0 Å². The monoisotopic (exact) mass is 443 g/mol. The SMILES string of the molecule is C[C@H]([C@H](C(=O)Nc1cc(CC2(C(=O)O)CC2)ccc1F)C1C=CC(F)=CC1)C(F)(F)F. The van der Waals surface area contributed by atoms with Crippen LogP contribution < -0.4 is 5.32 Å². The van der Waals surface area contributed by atoms with Crippen molar-refractivity contribution in [3.63, 3.8) is 0 Å². The maximum Gasteiger partial charge on any atom is 0.392 e. The number of carboxylic acids is 1. The number of rotatable bonds is 7. The molecule has 9 heteroatoms. The number of amides is 1. The van der Waals surface area contributed by atoms with Gasteiger partial charge in [-0.15, -0.1) is 0 Å². The molecule has 1 unspecified atom stereocenters. The molecule has 1 amide bonds. The van der Waals surface area contributed by atoms with E-state index in [9.17, 15) is 36.6 Å². The summed E-state index contributed by atoms with van der Waals surface area (Å²) in [6.45, 7) is 0.864. The Morgan fingerprint density at radius 2 is 1.94 bits per heavy atom. The second-order valence-corrected chi connectivity index (χ2v) is 8.27. The van der Waals surface area contributed by atoms with E-state index in [1.807, 2.05) is 0 Å². The molecule has 0 aliphatic heterocycles. The predicted molar refractivity (Wildman–Crippen MR) is 103 cm³/mol. The summed E-state index contributed by atoms with van der Waals surface area (Å²) in [5, 5.41) is 11.6. The summed E-state index contributed by atoms with van der Waals surface area (Å²) in [6, 6.07) is 3.69. The highest BCUT2D eigenvalue weighted by Crippen LogP contribution is 2.49. The molecule has 1 aromatic rings. The molecule has 0 saturated heterocycles. The molecule has 2 aliphatic carbocycles. The first-order valence-electron chi connectivity index (χ1n) is 9.86. The van der Waals surface area contributed by atoms with Crippen LogP contribution in [0.3, 0.4) is 0 Å². The number of carboxylic acid groups (broad SMARTS) is 1. The lowest BCUT2D eigenvalue weighted by Gasteiger charge is -2.31. The van der Waals surface area contributed by atoms with Gasteiger partial charge in [-0.3, -0.25) is 9.59 Å². The number of halogens is 5. The zero-order valence-corrected chi connectivity index (χ0v) is 16.7. The standard InChI is InChI=1S/C22H22F5NO3/c1-12(22(25,26)27)18(14-3-5-15(23)6-4-14)19(29)28-17-10-13(2-7-16(17)24)11-21(8-9-21)20(30)31/h2-3,5-7,10,12,14,18H,4,8-9,11H2,1H3,(H,28,29)(H,30,31)/t12-,14?,18+/m1/s1. The average Bonchev–Trinajstić information content (AvgIpc) is 3.46. The Morgan fingerprint density at radius 1 is 1.26 bits per heavy atom. The molecular weight excluding hydrogens is 421 g/mol. The smallest absolute Gasteiger partial charge is 0.392 e. The molecule has 4 nitrogen and oxygen atoms in total. The number of aliphatic carboxylic acids is 1. The molecule has 3 atom stereocenters. The van der Waals surface area contributed by atoms with Gasteiger partial charge in [0.1, 0.15) is 11.6 Å². The van der Waals surface area contributed by atoms with Gasteiger partial charge in [-0.05, 0) is 61.4 Å². The van der Waals surface area contributed by atoms with Gasteiger partial charge >= 0.3 is 12.1 Å². The summed E-state index contributed by atoms with van der Waals surface area (Å²) in [5.74, 6) is -8.01. The highest BCUT2D eigenvalue weighted by Gasteiger charge is 2.50. The van der Waals surface area contributed by atoms with E-state index in [1.165, 1.54) is 18.2 Å². The van der Waals surface area contributed by atoms with Crippen molar-refractivity contribution in [3.05, 3.63) is 53.6 Å². The fourth-order valence-electron chi connectivity index (χ4n) is 3.88. The molecule has 1 aromatic carbocycles. The van der Waals surface area contributed by atoms with Gasteiger partial charge in [-0.25, -0.2) is 8.78 Å². The minimum atomic E-state index is -4.68. The number of benzene rings is 1. The van der Waals surface area contributed by atoms with Gasteiger partial charge in [-0.2, -0.15) is 13.2 Å². The number of nitrogens with one attached hydrogen (secondary N) is 1. The molecule has 0 bridgehead atoms. The molecule has 2 aliphatic rings. The molecule has 3 rings (SSSR count). The van der Waals surface area contributed by atoms with E-state index in [0.29, 0.717) is 18.4 Å². The van der Waals surface area contributed by atoms with Crippen molar-refractivity contribution in [2.75, 3.05) is 5.32 Å². The van der Waals surface area contributed by atoms with Gasteiger partial charge in [-0.1, -0.05) is 19.1 Å². The Kier molecular flexibility index (Phi) is 6.25. The summed E-state index contributed by atoms with van der Waals surface area (Å²) in [6.07, 6.45) is -0.354. The number of alkyl halides is 3. The zero-order valence-electron chi connectivity index (χ0n) is 16.7. The minimum absolute atomic E-state index is 0.0928. The van der Waals surface area contributed by atoms with Crippen molar-refractivity contribution in [2.24, 2.45) is 23.2 Å². The van der Waals surface area contributed by atoms with Crippen molar-refractivity contribution in [2.45, 2.75) is 38.8 Å². The van der Waals surface area contributed by atoms with E-state index in [2.05, 4.69) is 5.32 Å². The highest BCUT2D eigenvalue weighted by molar-refractivity contribution is 5.93. The Labute approximate surface area is 175 Å². The van der Waals surface area contributed by atoms with Crippen LogP contribution >= 0.6 is 0 Å². The van der Waals surface area contributed by atoms with E-state index in [1.54, 1.807) is 0 Å². The van der Waals surface area contributed by atoms with Crippen molar-refractivity contribution in [1.29, 1.82) is 0 Å². The quantitative estimate of drug-likeness (QED) is 0.554. The van der Waals surface area contributed by atoms with E-state index in [-0.39, 0.29) is 18.5 Å². The second-order valence-electron chi connectivity index (χ2n) is 8.27. The number of anilines is 1. The molecule has 1 saturated carbocycles. The zero-order chi connectivity index (χ0) is 23.0. The predicted octanol–water partition coefficient (Wildman–Crippen LogP) is 5.42. The van der Waals surface area contributed by atoms with Gasteiger partial charge in [0.05, 0.1) is 22.9 Å². The number of carbonyl (C=O) groups is 2. The van der Waals surface area contributed by atoms with Gasteiger partial charge < -0.3 is 10.4 Å². The largest absolute Gasteiger partial charge is 0.481 e. The minimum Gasteiger partial charge on any atom is -0.481 e. The van der Waals surface area contributed by atoms with E-state index >= 15 is 0 Å². The van der Waals surface area contributed by atoms with Crippen molar-refractivity contribution >= 4 is 17.6 Å². The maximum atomic E-state index is 14.3. The molecule has 168 valence electrons. The van der Waals surface area contributed by atoms with Gasteiger partial charge in [0.2, 0.25) is 5.91 Å². The first kappa shape index (κ1) is 23.0. The van der Waals surface area contributed by atoms with Crippen molar-refractivity contribution < 1.29 is 36.6 Å². The Morgan fingerprint density at radius 3 is 2.45 bits per heavy atom. The van der Waals surface area contributed by atoms with Crippen LogP contribution in [0.4, 0.5) is 27.6 Å². The van der Waals surface area contributed by atoms with E-state index in [4.69, 9.17) is 0 Å². The summed E-state index contributed by atoms with van der Waals surface area (Å²) in [7, 11) is 0. The second kappa shape index (κ2) is 8.43. The number of hydrogen-bond donors (Lipinski definition) is 2. The molecule has 31 heavy (non-hydrogen) atoms. The van der Waals surface area contributed by atoms with Crippen LogP contribution in [0.2, 0.25) is 0 Å². The van der Waals surface area contributed by atoms with Crippen LogP contribution in [0.1, 0.15) is 31.7 Å². The fourth-order valence-corrected chi connectivity index (χ4v) is 3.88. The molecule has 0 aromatic heterocycles. The molecule has 1 fully saturated rings. The third kappa shape index (κ3) is 5.14.